The van der Waals surface area contributed by atoms with Crippen molar-refractivity contribution in [2.24, 2.45) is 0 Å². The summed E-state index contributed by atoms with van der Waals surface area (Å²) < 4.78 is 17.4. The quantitative estimate of drug-likeness (QED) is 0.697. The minimum absolute atomic E-state index is 0.277. The molecule has 0 atom stereocenters. The third kappa shape index (κ3) is 3.69. The molecule has 0 bridgehead atoms. The normalized spacial score (nSPS) is 10.6. The number of nitrogens with one attached hydrogen (secondary N) is 1. The highest BCUT2D eigenvalue weighted by atomic mass is 16.5. The van der Waals surface area contributed by atoms with Gasteiger partial charge in [-0.1, -0.05) is 0 Å². The second-order valence-corrected chi connectivity index (χ2v) is 5.39. The van der Waals surface area contributed by atoms with Gasteiger partial charge in [-0.25, -0.2) is 9.50 Å². The van der Waals surface area contributed by atoms with Crippen molar-refractivity contribution in [3.8, 4) is 17.4 Å². The Kier molecular flexibility index (Phi) is 5.21. The van der Waals surface area contributed by atoms with Crippen LogP contribution in [0.1, 0.15) is 23.0 Å². The van der Waals surface area contributed by atoms with Crippen LogP contribution < -0.4 is 19.5 Å². The van der Waals surface area contributed by atoms with Crippen molar-refractivity contribution in [3.63, 3.8) is 0 Å². The fraction of sp³-hybridized carbons (Fsp3) is 0.278. The third-order valence-corrected chi connectivity index (χ3v) is 3.75. The Labute approximate surface area is 150 Å². The van der Waals surface area contributed by atoms with Gasteiger partial charge in [0.15, 0.2) is 5.65 Å². The molecule has 0 saturated heterocycles. The number of carbonyl (C=O) groups is 1. The Bertz CT molecular complexity index is 923. The molecule has 0 aliphatic heterocycles. The molecule has 1 aromatic carbocycles. The van der Waals surface area contributed by atoms with Gasteiger partial charge in [0, 0.05) is 24.2 Å². The van der Waals surface area contributed by atoms with E-state index in [9.17, 15) is 4.79 Å². The summed E-state index contributed by atoms with van der Waals surface area (Å²) in [6.45, 7) is 2.70. The Balaban J connectivity index is 1.73. The van der Waals surface area contributed by atoms with E-state index in [-0.39, 0.29) is 11.6 Å². The van der Waals surface area contributed by atoms with Gasteiger partial charge in [-0.3, -0.25) is 4.79 Å². The lowest BCUT2D eigenvalue weighted by Gasteiger charge is -2.10. The zero-order valence-corrected chi connectivity index (χ0v) is 14.9. The van der Waals surface area contributed by atoms with Crippen LogP contribution in [0.15, 0.2) is 36.5 Å². The van der Waals surface area contributed by atoms with Crippen molar-refractivity contribution in [2.75, 3.05) is 20.8 Å². The number of ether oxygens (including phenoxy) is 3. The molecule has 0 spiro atoms. The summed E-state index contributed by atoms with van der Waals surface area (Å²) in [5.41, 5.74) is 1.68. The van der Waals surface area contributed by atoms with Crippen LogP contribution in [-0.4, -0.2) is 41.3 Å². The molecular weight excluding hydrogens is 336 g/mol. The molecule has 2 aromatic heterocycles. The summed E-state index contributed by atoms with van der Waals surface area (Å²) in [5.74, 6) is 1.51. The van der Waals surface area contributed by atoms with Gasteiger partial charge in [0.2, 0.25) is 5.88 Å². The first-order chi connectivity index (χ1) is 12.6. The second-order valence-electron chi connectivity index (χ2n) is 5.39. The first-order valence-corrected chi connectivity index (χ1v) is 8.13. The molecule has 136 valence electrons. The Morgan fingerprint density at radius 2 is 2.04 bits per heavy atom. The summed E-state index contributed by atoms with van der Waals surface area (Å²) >= 11 is 0. The monoisotopic (exact) mass is 356 g/mol. The van der Waals surface area contributed by atoms with E-state index in [0.717, 1.165) is 5.56 Å². The topological polar surface area (TPSA) is 87.0 Å². The molecule has 0 unspecified atom stereocenters. The zero-order valence-electron chi connectivity index (χ0n) is 14.9. The minimum atomic E-state index is -0.300. The third-order valence-electron chi connectivity index (χ3n) is 3.75. The number of fused-ring (bicyclic) bond motifs is 1. The highest BCUT2D eigenvalue weighted by Crippen LogP contribution is 2.24. The largest absolute Gasteiger partial charge is 0.497 e. The number of nitrogens with zero attached hydrogens (tertiary/aromatic N) is 3. The van der Waals surface area contributed by atoms with Crippen LogP contribution in [0.4, 0.5) is 0 Å². The van der Waals surface area contributed by atoms with E-state index in [4.69, 9.17) is 14.2 Å². The van der Waals surface area contributed by atoms with Crippen LogP contribution in [-0.2, 0) is 6.54 Å². The second kappa shape index (κ2) is 7.73. The molecule has 26 heavy (non-hydrogen) atoms. The van der Waals surface area contributed by atoms with Crippen LogP contribution in [0.5, 0.6) is 17.4 Å². The molecule has 3 rings (SSSR count). The van der Waals surface area contributed by atoms with E-state index in [1.54, 1.807) is 38.6 Å². The minimum Gasteiger partial charge on any atom is -0.497 e. The number of benzene rings is 1. The van der Waals surface area contributed by atoms with Crippen LogP contribution in [0, 0.1) is 0 Å². The summed E-state index contributed by atoms with van der Waals surface area (Å²) in [7, 11) is 3.16. The predicted octanol–water partition coefficient (Wildman–Crippen LogP) is 2.08. The number of carbonyl (C=O) groups excluding carboxylic acids is 1. The maximum absolute atomic E-state index is 12.4. The first-order valence-electron chi connectivity index (χ1n) is 8.13. The predicted molar refractivity (Wildman–Crippen MR) is 94.9 cm³/mol. The SMILES string of the molecule is CCOc1ccc2nc(C(=O)NCc3ccc(OC)cc3OC)cn2n1. The van der Waals surface area contributed by atoms with E-state index in [1.807, 2.05) is 19.1 Å². The fourth-order valence-corrected chi connectivity index (χ4v) is 2.46. The molecule has 1 amide bonds. The van der Waals surface area contributed by atoms with Gasteiger partial charge in [0.1, 0.15) is 17.2 Å². The Morgan fingerprint density at radius 1 is 1.19 bits per heavy atom. The van der Waals surface area contributed by atoms with E-state index in [1.165, 1.54) is 4.52 Å². The van der Waals surface area contributed by atoms with Gasteiger partial charge < -0.3 is 19.5 Å². The van der Waals surface area contributed by atoms with Crippen molar-refractivity contribution >= 4 is 11.6 Å². The van der Waals surface area contributed by atoms with Gasteiger partial charge in [-0.2, -0.15) is 0 Å². The Hall–Kier alpha value is -3.29. The molecule has 0 aliphatic carbocycles. The lowest BCUT2D eigenvalue weighted by Crippen LogP contribution is -2.23. The van der Waals surface area contributed by atoms with Gasteiger partial charge >= 0.3 is 0 Å². The van der Waals surface area contributed by atoms with Crippen LogP contribution >= 0.6 is 0 Å². The number of methoxy groups -OCH3 is 2. The molecule has 0 aliphatic rings. The molecule has 0 fully saturated rings. The summed E-state index contributed by atoms with van der Waals surface area (Å²) in [6.07, 6.45) is 1.57. The van der Waals surface area contributed by atoms with Crippen molar-refractivity contribution in [3.05, 3.63) is 47.8 Å². The summed E-state index contributed by atoms with van der Waals surface area (Å²) in [5, 5.41) is 7.08. The van der Waals surface area contributed by atoms with E-state index < -0.39 is 0 Å². The van der Waals surface area contributed by atoms with Crippen molar-refractivity contribution < 1.29 is 19.0 Å². The van der Waals surface area contributed by atoms with Crippen molar-refractivity contribution in [1.82, 2.24) is 19.9 Å². The van der Waals surface area contributed by atoms with E-state index in [0.29, 0.717) is 36.2 Å². The molecule has 2 heterocycles. The lowest BCUT2D eigenvalue weighted by atomic mass is 10.2. The van der Waals surface area contributed by atoms with Gasteiger partial charge in [-0.15, -0.1) is 5.10 Å². The van der Waals surface area contributed by atoms with Gasteiger partial charge in [0.05, 0.1) is 27.0 Å². The molecule has 0 radical (unpaired) electrons. The highest BCUT2D eigenvalue weighted by molar-refractivity contribution is 5.92. The smallest absolute Gasteiger partial charge is 0.271 e. The lowest BCUT2D eigenvalue weighted by molar-refractivity contribution is 0.0946. The maximum Gasteiger partial charge on any atom is 0.271 e. The van der Waals surface area contributed by atoms with Crippen molar-refractivity contribution in [1.29, 1.82) is 0 Å². The van der Waals surface area contributed by atoms with E-state index in [2.05, 4.69) is 15.4 Å². The summed E-state index contributed by atoms with van der Waals surface area (Å²) in [4.78, 5) is 16.7. The van der Waals surface area contributed by atoms with E-state index >= 15 is 0 Å². The van der Waals surface area contributed by atoms with Crippen LogP contribution in [0.3, 0.4) is 0 Å². The molecule has 3 aromatic rings. The standard InChI is InChI=1S/C18H20N4O4/c1-4-26-17-8-7-16-20-14(11-22(16)21-17)18(23)19-10-12-5-6-13(24-2)9-15(12)25-3/h5-9,11H,4,10H2,1-3H3,(H,19,23). The number of rotatable bonds is 7. The number of amides is 1. The zero-order chi connectivity index (χ0) is 18.5. The van der Waals surface area contributed by atoms with Crippen LogP contribution in [0.25, 0.3) is 5.65 Å². The average Bonchev–Trinajstić information content (AvgIpc) is 3.09. The molecule has 8 nitrogen and oxygen atoms in total. The maximum atomic E-state index is 12.4. The number of hydrogen-bond donors (Lipinski definition) is 1. The Morgan fingerprint density at radius 3 is 2.77 bits per heavy atom. The first kappa shape index (κ1) is 17.5. The molecule has 0 saturated carbocycles. The summed E-state index contributed by atoms with van der Waals surface area (Å²) in [6, 6.07) is 8.90. The average molecular weight is 356 g/mol. The molecular formula is C18H20N4O4. The van der Waals surface area contributed by atoms with Crippen LogP contribution in [0.2, 0.25) is 0 Å². The van der Waals surface area contributed by atoms with Gasteiger partial charge in [-0.05, 0) is 25.1 Å². The number of imidazole rings is 1. The van der Waals surface area contributed by atoms with Crippen molar-refractivity contribution in [2.45, 2.75) is 13.5 Å². The number of hydrogen-bond acceptors (Lipinski definition) is 6. The fourth-order valence-electron chi connectivity index (χ4n) is 2.46. The molecule has 1 N–H and O–H groups in total. The molecule has 8 heteroatoms. The van der Waals surface area contributed by atoms with Gasteiger partial charge in [0.25, 0.3) is 5.91 Å². The number of aromatic nitrogens is 3. The highest BCUT2D eigenvalue weighted by Gasteiger charge is 2.13.